The number of anilines is 1. The summed E-state index contributed by atoms with van der Waals surface area (Å²) >= 11 is 0. The van der Waals surface area contributed by atoms with Crippen LogP contribution in [-0.4, -0.2) is 24.5 Å². The zero-order valence-corrected chi connectivity index (χ0v) is 9.37. The Hall–Kier alpha value is -1.42. The highest BCUT2D eigenvalue weighted by molar-refractivity contribution is 5.92. The monoisotopic (exact) mass is 207 g/mol. The van der Waals surface area contributed by atoms with Gasteiger partial charge in [0, 0.05) is 30.0 Å². The Bertz CT molecular complexity index is 338. The highest BCUT2D eigenvalue weighted by atomic mass is 16.1. The van der Waals surface area contributed by atoms with Gasteiger partial charge < -0.3 is 10.6 Å². The molecule has 1 rings (SSSR count). The predicted molar refractivity (Wildman–Crippen MR) is 60.7 cm³/mol. The van der Waals surface area contributed by atoms with Crippen molar-refractivity contribution in [3.63, 3.8) is 0 Å². The zero-order valence-electron chi connectivity index (χ0n) is 9.37. The van der Waals surface area contributed by atoms with Crippen LogP contribution in [0.2, 0.25) is 0 Å². The average Bonchev–Trinajstić information content (AvgIpc) is 2.18. The van der Waals surface area contributed by atoms with Gasteiger partial charge in [0.15, 0.2) is 0 Å². The molecule has 1 amide bonds. The van der Waals surface area contributed by atoms with Gasteiger partial charge in [0.1, 0.15) is 0 Å². The Morgan fingerprint density at radius 1 is 1.60 bits per heavy atom. The molecule has 1 aromatic rings. The highest BCUT2D eigenvalue weighted by Crippen LogP contribution is 2.08. The first-order valence-electron chi connectivity index (χ1n) is 5.01. The van der Waals surface area contributed by atoms with Gasteiger partial charge in [-0.3, -0.25) is 9.78 Å². The quantitative estimate of drug-likeness (QED) is 0.779. The second-order valence-corrected chi connectivity index (χ2v) is 3.63. The smallest absolute Gasteiger partial charge is 0.228 e. The fraction of sp³-hybridized carbons (Fsp3) is 0.455. The van der Waals surface area contributed by atoms with Crippen LogP contribution < -0.4 is 10.6 Å². The van der Waals surface area contributed by atoms with E-state index in [9.17, 15) is 4.79 Å². The Morgan fingerprint density at radius 2 is 2.33 bits per heavy atom. The maximum Gasteiger partial charge on any atom is 0.228 e. The molecule has 0 bridgehead atoms. The van der Waals surface area contributed by atoms with Crippen molar-refractivity contribution in [3.8, 4) is 0 Å². The number of pyridine rings is 1. The van der Waals surface area contributed by atoms with Crippen LogP contribution in [0.5, 0.6) is 0 Å². The molecule has 0 aliphatic heterocycles. The molecular weight excluding hydrogens is 190 g/mol. The van der Waals surface area contributed by atoms with Gasteiger partial charge in [-0.05, 0) is 26.1 Å². The summed E-state index contributed by atoms with van der Waals surface area (Å²) in [4.78, 5) is 15.7. The molecule has 0 fully saturated rings. The first-order chi connectivity index (χ1) is 7.13. The molecule has 0 aliphatic rings. The van der Waals surface area contributed by atoms with Crippen LogP contribution in [0.25, 0.3) is 0 Å². The van der Waals surface area contributed by atoms with Crippen molar-refractivity contribution >= 4 is 11.6 Å². The number of amides is 1. The molecule has 0 saturated heterocycles. The fourth-order valence-corrected chi connectivity index (χ4v) is 1.29. The number of hydrogen-bond donors (Lipinski definition) is 2. The fourth-order valence-electron chi connectivity index (χ4n) is 1.29. The van der Waals surface area contributed by atoms with E-state index in [0.29, 0.717) is 6.54 Å². The van der Waals surface area contributed by atoms with E-state index in [1.807, 2.05) is 27.0 Å². The van der Waals surface area contributed by atoms with Crippen LogP contribution in [0, 0.1) is 12.8 Å². The van der Waals surface area contributed by atoms with Crippen molar-refractivity contribution in [1.29, 1.82) is 0 Å². The summed E-state index contributed by atoms with van der Waals surface area (Å²) in [5, 5.41) is 5.82. The number of carbonyl (C=O) groups is 1. The molecule has 1 heterocycles. The van der Waals surface area contributed by atoms with E-state index >= 15 is 0 Å². The lowest BCUT2D eigenvalue weighted by Crippen LogP contribution is -2.28. The number of aromatic nitrogens is 1. The maximum atomic E-state index is 11.6. The number of nitrogens with one attached hydrogen (secondary N) is 2. The Balaban J connectivity index is 2.58. The number of carbonyl (C=O) groups excluding carboxylic acids is 1. The largest absolute Gasteiger partial charge is 0.326 e. The molecule has 15 heavy (non-hydrogen) atoms. The molecule has 0 spiro atoms. The maximum absolute atomic E-state index is 11.6. The molecule has 0 saturated carbocycles. The van der Waals surface area contributed by atoms with Crippen LogP contribution in [0.3, 0.4) is 0 Å². The molecule has 0 radical (unpaired) electrons. The Kier molecular flexibility index (Phi) is 4.24. The second-order valence-electron chi connectivity index (χ2n) is 3.63. The summed E-state index contributed by atoms with van der Waals surface area (Å²) in [5.41, 5.74) is 1.70. The third-order valence-electron chi connectivity index (χ3n) is 2.12. The molecule has 2 N–H and O–H groups in total. The number of rotatable bonds is 4. The summed E-state index contributed by atoms with van der Waals surface area (Å²) in [6.07, 6.45) is 1.69. The average molecular weight is 207 g/mol. The van der Waals surface area contributed by atoms with Crippen molar-refractivity contribution in [3.05, 3.63) is 24.0 Å². The van der Waals surface area contributed by atoms with Gasteiger partial charge in [0.2, 0.25) is 5.91 Å². The third-order valence-corrected chi connectivity index (χ3v) is 2.12. The first-order valence-corrected chi connectivity index (χ1v) is 5.01. The molecular formula is C11H17N3O. The van der Waals surface area contributed by atoms with Gasteiger partial charge in [-0.2, -0.15) is 0 Å². The summed E-state index contributed by atoms with van der Waals surface area (Å²) in [7, 11) is 1.83. The molecule has 0 aromatic carbocycles. The molecule has 82 valence electrons. The Morgan fingerprint density at radius 3 is 2.93 bits per heavy atom. The van der Waals surface area contributed by atoms with Crippen molar-refractivity contribution in [2.45, 2.75) is 13.8 Å². The lowest BCUT2D eigenvalue weighted by Gasteiger charge is -2.11. The van der Waals surface area contributed by atoms with Crippen LogP contribution in [0.15, 0.2) is 18.3 Å². The zero-order chi connectivity index (χ0) is 11.3. The van der Waals surface area contributed by atoms with E-state index in [4.69, 9.17) is 0 Å². The van der Waals surface area contributed by atoms with E-state index in [0.717, 1.165) is 11.4 Å². The van der Waals surface area contributed by atoms with E-state index in [-0.39, 0.29) is 11.8 Å². The van der Waals surface area contributed by atoms with E-state index < -0.39 is 0 Å². The predicted octanol–water partition coefficient (Wildman–Crippen LogP) is 1.18. The van der Waals surface area contributed by atoms with Crippen molar-refractivity contribution in [2.24, 2.45) is 5.92 Å². The lowest BCUT2D eigenvalue weighted by molar-refractivity contribution is -0.119. The second kappa shape index (κ2) is 5.46. The van der Waals surface area contributed by atoms with Gasteiger partial charge in [0.25, 0.3) is 0 Å². The van der Waals surface area contributed by atoms with Crippen LogP contribution in [0.1, 0.15) is 12.6 Å². The van der Waals surface area contributed by atoms with E-state index in [2.05, 4.69) is 15.6 Å². The molecule has 0 aliphatic carbocycles. The van der Waals surface area contributed by atoms with Gasteiger partial charge in [-0.1, -0.05) is 6.92 Å². The summed E-state index contributed by atoms with van der Waals surface area (Å²) in [5.74, 6) is -0.0154. The van der Waals surface area contributed by atoms with Crippen LogP contribution >= 0.6 is 0 Å². The molecule has 4 nitrogen and oxygen atoms in total. The van der Waals surface area contributed by atoms with Crippen LogP contribution in [-0.2, 0) is 4.79 Å². The lowest BCUT2D eigenvalue weighted by atomic mass is 10.1. The van der Waals surface area contributed by atoms with Crippen LogP contribution in [0.4, 0.5) is 5.69 Å². The molecule has 1 unspecified atom stereocenters. The van der Waals surface area contributed by atoms with Gasteiger partial charge in [0.05, 0.1) is 0 Å². The van der Waals surface area contributed by atoms with Crippen molar-refractivity contribution < 1.29 is 4.79 Å². The SMILES string of the molecule is CNCC(C)C(=O)Nc1ccnc(C)c1. The number of hydrogen-bond acceptors (Lipinski definition) is 3. The third kappa shape index (κ3) is 3.67. The summed E-state index contributed by atoms with van der Waals surface area (Å²) in [6, 6.07) is 3.64. The van der Waals surface area contributed by atoms with E-state index in [1.165, 1.54) is 0 Å². The molecule has 4 heteroatoms. The van der Waals surface area contributed by atoms with Gasteiger partial charge in [-0.15, -0.1) is 0 Å². The van der Waals surface area contributed by atoms with Gasteiger partial charge >= 0.3 is 0 Å². The minimum atomic E-state index is -0.0385. The first kappa shape index (κ1) is 11.7. The highest BCUT2D eigenvalue weighted by Gasteiger charge is 2.11. The van der Waals surface area contributed by atoms with Crippen molar-refractivity contribution in [1.82, 2.24) is 10.3 Å². The normalized spacial score (nSPS) is 12.2. The standard InChI is InChI=1S/C11H17N3O/c1-8(7-12-3)11(15)14-10-4-5-13-9(2)6-10/h4-6,8,12H,7H2,1-3H3,(H,13,14,15). The molecule has 1 aromatic heterocycles. The van der Waals surface area contributed by atoms with Gasteiger partial charge in [-0.25, -0.2) is 0 Å². The summed E-state index contributed by atoms with van der Waals surface area (Å²) < 4.78 is 0. The number of aryl methyl sites for hydroxylation is 1. The number of nitrogens with zero attached hydrogens (tertiary/aromatic N) is 1. The topological polar surface area (TPSA) is 54.0 Å². The molecule has 1 atom stereocenters. The Labute approximate surface area is 90.1 Å². The minimum Gasteiger partial charge on any atom is -0.326 e. The minimum absolute atomic E-state index is 0.0231. The van der Waals surface area contributed by atoms with Crippen molar-refractivity contribution in [2.75, 3.05) is 18.9 Å². The van der Waals surface area contributed by atoms with E-state index in [1.54, 1.807) is 12.3 Å². The summed E-state index contributed by atoms with van der Waals surface area (Å²) in [6.45, 7) is 4.46.